The van der Waals surface area contributed by atoms with Gasteiger partial charge in [-0.1, -0.05) is 0 Å². The fourth-order valence-corrected chi connectivity index (χ4v) is 3.49. The van der Waals surface area contributed by atoms with Crippen molar-refractivity contribution in [2.75, 3.05) is 13.2 Å². The lowest BCUT2D eigenvalue weighted by molar-refractivity contribution is -0.133. The maximum atomic E-state index is 13.8. The summed E-state index contributed by atoms with van der Waals surface area (Å²) >= 11 is 0. The summed E-state index contributed by atoms with van der Waals surface area (Å²) in [6.07, 6.45) is 2.61. The van der Waals surface area contributed by atoms with Crippen LogP contribution < -0.4 is 10.1 Å². The number of ether oxygens (including phenoxy) is 1. The Morgan fingerprint density at radius 2 is 2.11 bits per heavy atom. The topological polar surface area (TPSA) is 103 Å². The number of carboxylic acids is 1. The zero-order valence-electron chi connectivity index (χ0n) is 14.5. The van der Waals surface area contributed by atoms with Crippen molar-refractivity contribution in [1.29, 1.82) is 5.26 Å². The predicted octanol–water partition coefficient (Wildman–Crippen LogP) is 1.68. The first-order valence-electron chi connectivity index (χ1n) is 8.72. The van der Waals surface area contributed by atoms with Crippen LogP contribution in [0.5, 0.6) is 5.75 Å². The summed E-state index contributed by atoms with van der Waals surface area (Å²) in [5, 5.41) is 21.1. The molecule has 0 saturated carbocycles. The van der Waals surface area contributed by atoms with Crippen LogP contribution in [0, 0.1) is 23.0 Å². The summed E-state index contributed by atoms with van der Waals surface area (Å²) in [5.74, 6) is -4.55. The first kappa shape index (κ1) is 19.0. The number of hydrogen-bond donors (Lipinski definition) is 2. The van der Waals surface area contributed by atoms with Crippen LogP contribution >= 0.6 is 0 Å². The molecule has 9 heteroatoms. The predicted molar refractivity (Wildman–Crippen MR) is 89.1 cm³/mol. The molecule has 1 aromatic rings. The number of likely N-dealkylation sites (tertiary alicyclic amines) is 1. The highest BCUT2D eigenvalue weighted by Crippen LogP contribution is 2.25. The average molecular weight is 379 g/mol. The van der Waals surface area contributed by atoms with E-state index in [1.165, 1.54) is 0 Å². The molecule has 3 rings (SSSR count). The number of aromatic carboxylic acids is 1. The van der Waals surface area contributed by atoms with Gasteiger partial charge in [0.1, 0.15) is 12.6 Å². The number of amides is 1. The smallest absolute Gasteiger partial charge is 0.335 e. The average Bonchev–Trinajstić information content (AvgIpc) is 3.31. The molecule has 0 unspecified atom stereocenters. The Labute approximate surface area is 154 Å². The zero-order chi connectivity index (χ0) is 19.6. The molecule has 1 amide bonds. The van der Waals surface area contributed by atoms with Gasteiger partial charge in [-0.05, 0) is 37.8 Å². The Balaban J connectivity index is 1.59. The maximum absolute atomic E-state index is 13.8. The van der Waals surface area contributed by atoms with Gasteiger partial charge in [0.2, 0.25) is 11.7 Å². The highest BCUT2D eigenvalue weighted by molar-refractivity contribution is 5.88. The summed E-state index contributed by atoms with van der Waals surface area (Å²) < 4.78 is 32.6. The largest absolute Gasteiger partial charge is 0.489 e. The molecule has 0 radical (unpaired) electrons. The molecule has 2 aliphatic heterocycles. The van der Waals surface area contributed by atoms with Crippen LogP contribution in [0.25, 0.3) is 0 Å². The van der Waals surface area contributed by atoms with Crippen molar-refractivity contribution in [2.24, 2.45) is 0 Å². The van der Waals surface area contributed by atoms with Crippen molar-refractivity contribution in [3.63, 3.8) is 0 Å². The van der Waals surface area contributed by atoms with Crippen LogP contribution in [-0.2, 0) is 4.79 Å². The van der Waals surface area contributed by atoms with Gasteiger partial charge in [0.05, 0.1) is 17.7 Å². The van der Waals surface area contributed by atoms with Gasteiger partial charge in [-0.3, -0.25) is 10.1 Å². The van der Waals surface area contributed by atoms with Crippen LogP contribution in [0.2, 0.25) is 0 Å². The molecule has 0 aliphatic carbocycles. The number of carbonyl (C=O) groups is 2. The lowest BCUT2D eigenvalue weighted by atomic mass is 10.1. The summed E-state index contributed by atoms with van der Waals surface area (Å²) in [5.41, 5.74) is -0.409. The van der Waals surface area contributed by atoms with E-state index in [0.717, 1.165) is 12.5 Å². The van der Waals surface area contributed by atoms with Crippen LogP contribution in [-0.4, -0.2) is 53.2 Å². The number of benzene rings is 1. The van der Waals surface area contributed by atoms with Gasteiger partial charge in [-0.2, -0.15) is 9.65 Å². The molecule has 3 atom stereocenters. The second-order valence-electron chi connectivity index (χ2n) is 6.70. The lowest BCUT2D eigenvalue weighted by Crippen LogP contribution is -2.47. The molecule has 2 N–H and O–H groups in total. The lowest BCUT2D eigenvalue weighted by Gasteiger charge is -2.24. The van der Waals surface area contributed by atoms with E-state index >= 15 is 0 Å². The standard InChI is InChI=1S/C18H19F2N3O4/c19-13-6-10(18(25)26)7-15(16(13)20)27-9-11-3-4-14(22-11)17(24)23-5-1-2-12(23)8-21/h6-7,11-12,14,22H,1-5,9H2,(H,25,26)/t11-,12+,14+/m1/s1. The second-order valence-corrected chi connectivity index (χ2v) is 6.70. The molecule has 0 bridgehead atoms. The number of rotatable bonds is 5. The van der Waals surface area contributed by atoms with E-state index < -0.39 is 41.0 Å². The molecule has 27 heavy (non-hydrogen) atoms. The minimum absolute atomic E-state index is 0.0368. The number of nitrogens with zero attached hydrogens (tertiary/aromatic N) is 2. The molecule has 7 nitrogen and oxygen atoms in total. The molecular formula is C18H19F2N3O4. The monoisotopic (exact) mass is 379 g/mol. The molecule has 144 valence electrons. The number of carbonyl (C=O) groups excluding carboxylic acids is 1. The van der Waals surface area contributed by atoms with Gasteiger partial charge in [-0.15, -0.1) is 0 Å². The third-order valence-electron chi connectivity index (χ3n) is 4.91. The zero-order valence-corrected chi connectivity index (χ0v) is 14.5. The molecule has 2 aliphatic rings. The Morgan fingerprint density at radius 1 is 1.33 bits per heavy atom. The van der Waals surface area contributed by atoms with E-state index in [0.29, 0.717) is 31.9 Å². The van der Waals surface area contributed by atoms with Crippen LogP contribution in [0.3, 0.4) is 0 Å². The van der Waals surface area contributed by atoms with Gasteiger partial charge in [0.15, 0.2) is 11.6 Å². The molecule has 2 saturated heterocycles. The first-order chi connectivity index (χ1) is 12.9. The minimum Gasteiger partial charge on any atom is -0.489 e. The van der Waals surface area contributed by atoms with Crippen molar-refractivity contribution < 1.29 is 28.2 Å². The summed E-state index contributed by atoms with van der Waals surface area (Å²) in [6.45, 7) is 0.522. The van der Waals surface area contributed by atoms with E-state index in [-0.39, 0.29) is 18.6 Å². The van der Waals surface area contributed by atoms with E-state index in [1.807, 2.05) is 0 Å². The summed E-state index contributed by atoms with van der Waals surface area (Å²) in [4.78, 5) is 25.1. The summed E-state index contributed by atoms with van der Waals surface area (Å²) in [7, 11) is 0. The summed E-state index contributed by atoms with van der Waals surface area (Å²) in [6, 6.07) is 2.54. The number of nitriles is 1. The van der Waals surface area contributed by atoms with E-state index in [4.69, 9.17) is 15.1 Å². The highest BCUT2D eigenvalue weighted by atomic mass is 19.2. The first-order valence-corrected chi connectivity index (χ1v) is 8.72. The van der Waals surface area contributed by atoms with E-state index in [2.05, 4.69) is 11.4 Å². The van der Waals surface area contributed by atoms with Gasteiger partial charge in [-0.25, -0.2) is 9.18 Å². The molecular weight excluding hydrogens is 360 g/mol. The van der Waals surface area contributed by atoms with Crippen molar-refractivity contribution in [2.45, 2.75) is 43.8 Å². The van der Waals surface area contributed by atoms with Crippen molar-refractivity contribution in [1.82, 2.24) is 10.2 Å². The number of nitrogens with one attached hydrogen (secondary N) is 1. The Kier molecular flexibility index (Phi) is 5.56. The highest BCUT2D eigenvalue weighted by Gasteiger charge is 2.37. The molecule has 0 spiro atoms. The van der Waals surface area contributed by atoms with Crippen LogP contribution in [0.1, 0.15) is 36.0 Å². The third-order valence-corrected chi connectivity index (χ3v) is 4.91. The molecule has 1 aromatic carbocycles. The SMILES string of the molecule is N#C[C@@H]1CCCN1C(=O)[C@@H]1CC[C@H](COc2cc(C(=O)O)cc(F)c2F)N1. The van der Waals surface area contributed by atoms with Crippen molar-refractivity contribution in [3.8, 4) is 11.8 Å². The van der Waals surface area contributed by atoms with E-state index in [9.17, 15) is 18.4 Å². The van der Waals surface area contributed by atoms with Crippen LogP contribution in [0.4, 0.5) is 8.78 Å². The number of carboxylic acid groups (broad SMARTS) is 1. The fraction of sp³-hybridized carbons (Fsp3) is 0.500. The number of halogens is 2. The third kappa shape index (κ3) is 4.01. The van der Waals surface area contributed by atoms with Gasteiger partial charge in [0.25, 0.3) is 0 Å². The van der Waals surface area contributed by atoms with E-state index in [1.54, 1.807) is 4.90 Å². The minimum atomic E-state index is -1.39. The van der Waals surface area contributed by atoms with Crippen molar-refractivity contribution in [3.05, 3.63) is 29.3 Å². The Bertz CT molecular complexity index is 796. The van der Waals surface area contributed by atoms with Gasteiger partial charge in [0, 0.05) is 12.6 Å². The molecule has 2 heterocycles. The second kappa shape index (κ2) is 7.88. The Hall–Kier alpha value is -2.73. The van der Waals surface area contributed by atoms with Gasteiger partial charge < -0.3 is 14.7 Å². The van der Waals surface area contributed by atoms with Crippen molar-refractivity contribution >= 4 is 11.9 Å². The molecule has 0 aromatic heterocycles. The normalized spacial score (nSPS) is 24.6. The van der Waals surface area contributed by atoms with Crippen LogP contribution in [0.15, 0.2) is 12.1 Å². The van der Waals surface area contributed by atoms with Gasteiger partial charge >= 0.3 is 5.97 Å². The number of hydrogen-bond acceptors (Lipinski definition) is 5. The maximum Gasteiger partial charge on any atom is 0.335 e. The fourth-order valence-electron chi connectivity index (χ4n) is 3.49. The Morgan fingerprint density at radius 3 is 2.81 bits per heavy atom. The molecule has 2 fully saturated rings. The quantitative estimate of drug-likeness (QED) is 0.807.